The second-order valence-corrected chi connectivity index (χ2v) is 6.06. The minimum Gasteiger partial charge on any atom is -0.486 e. The minimum absolute atomic E-state index is 0.358. The lowest BCUT2D eigenvalue weighted by atomic mass is 9.99. The first kappa shape index (κ1) is 15.6. The van der Waals surface area contributed by atoms with Crippen LogP contribution in [0.4, 0.5) is 0 Å². The van der Waals surface area contributed by atoms with E-state index in [1.807, 2.05) is 13.1 Å². The van der Waals surface area contributed by atoms with Crippen LogP contribution in [0.3, 0.4) is 0 Å². The first-order valence-corrected chi connectivity index (χ1v) is 8.31. The molecule has 112 valence electrons. The molecule has 20 heavy (non-hydrogen) atoms. The predicted octanol–water partition coefficient (Wildman–Crippen LogP) is 4.45. The van der Waals surface area contributed by atoms with Gasteiger partial charge < -0.3 is 14.8 Å². The van der Waals surface area contributed by atoms with E-state index < -0.39 is 0 Å². The molecule has 0 spiro atoms. The molecule has 0 bridgehead atoms. The molecule has 0 saturated carbocycles. The molecule has 0 amide bonds. The number of rotatable bonds is 7. The third-order valence-corrected chi connectivity index (χ3v) is 4.42. The lowest BCUT2D eigenvalue weighted by molar-refractivity contribution is 0.171. The van der Waals surface area contributed by atoms with Gasteiger partial charge in [-0.3, -0.25) is 0 Å². The van der Waals surface area contributed by atoms with Crippen LogP contribution in [0.5, 0.6) is 11.5 Å². The lowest BCUT2D eigenvalue weighted by Gasteiger charge is -2.23. The molecule has 3 nitrogen and oxygen atoms in total. The van der Waals surface area contributed by atoms with Crippen molar-refractivity contribution < 1.29 is 9.47 Å². The lowest BCUT2D eigenvalue weighted by Crippen LogP contribution is -2.19. The minimum atomic E-state index is 0.358. The first-order chi connectivity index (χ1) is 9.76. The molecule has 4 heteroatoms. The Labute approximate surface area is 130 Å². The van der Waals surface area contributed by atoms with Crippen LogP contribution in [0.2, 0.25) is 0 Å². The van der Waals surface area contributed by atoms with E-state index >= 15 is 0 Å². The molecule has 1 atom stereocenters. The fraction of sp³-hybridized carbons (Fsp3) is 0.625. The Morgan fingerprint density at radius 1 is 1.15 bits per heavy atom. The molecule has 2 rings (SSSR count). The Hall–Kier alpha value is -0.740. The smallest absolute Gasteiger partial charge is 0.162 e. The monoisotopic (exact) mass is 341 g/mol. The van der Waals surface area contributed by atoms with Gasteiger partial charge in [-0.15, -0.1) is 0 Å². The van der Waals surface area contributed by atoms with Crippen LogP contribution in [0.15, 0.2) is 16.6 Å². The number of ether oxygens (including phenoxy) is 2. The molecule has 1 aliphatic heterocycles. The number of benzene rings is 1. The van der Waals surface area contributed by atoms with Crippen molar-refractivity contribution in [3.05, 3.63) is 22.2 Å². The van der Waals surface area contributed by atoms with Crippen molar-refractivity contribution in [1.29, 1.82) is 0 Å². The van der Waals surface area contributed by atoms with E-state index in [0.717, 1.165) is 22.4 Å². The molecular formula is C16H24BrNO2. The highest BCUT2D eigenvalue weighted by Crippen LogP contribution is 2.38. The van der Waals surface area contributed by atoms with Gasteiger partial charge in [0, 0.05) is 10.5 Å². The Morgan fingerprint density at radius 2 is 1.85 bits per heavy atom. The second-order valence-electron chi connectivity index (χ2n) is 5.21. The molecule has 1 aliphatic rings. The van der Waals surface area contributed by atoms with Gasteiger partial charge in [0.1, 0.15) is 13.2 Å². The van der Waals surface area contributed by atoms with Gasteiger partial charge in [0.2, 0.25) is 0 Å². The van der Waals surface area contributed by atoms with Gasteiger partial charge in [-0.05, 0) is 31.2 Å². The summed E-state index contributed by atoms with van der Waals surface area (Å²) in [5.74, 6) is 1.70. The van der Waals surface area contributed by atoms with Crippen molar-refractivity contribution in [2.24, 2.45) is 0 Å². The van der Waals surface area contributed by atoms with E-state index in [2.05, 4.69) is 34.2 Å². The number of nitrogens with one attached hydrogen (secondary N) is 1. The molecule has 0 aromatic heterocycles. The summed E-state index contributed by atoms with van der Waals surface area (Å²) in [5, 5.41) is 3.42. The first-order valence-electron chi connectivity index (χ1n) is 7.52. The molecule has 1 heterocycles. The zero-order chi connectivity index (χ0) is 14.4. The zero-order valence-corrected chi connectivity index (χ0v) is 14.0. The van der Waals surface area contributed by atoms with Crippen LogP contribution in [-0.4, -0.2) is 20.3 Å². The summed E-state index contributed by atoms with van der Waals surface area (Å²) in [7, 11) is 2.02. The maximum atomic E-state index is 5.68. The van der Waals surface area contributed by atoms with Gasteiger partial charge in [0.15, 0.2) is 11.5 Å². The molecule has 0 aliphatic carbocycles. The van der Waals surface area contributed by atoms with Crippen LogP contribution in [0, 0.1) is 0 Å². The van der Waals surface area contributed by atoms with E-state index in [0.29, 0.717) is 19.3 Å². The van der Waals surface area contributed by atoms with Gasteiger partial charge in [0.25, 0.3) is 0 Å². The van der Waals surface area contributed by atoms with Crippen LogP contribution >= 0.6 is 15.9 Å². The maximum absolute atomic E-state index is 5.68. The van der Waals surface area contributed by atoms with Gasteiger partial charge in [-0.2, -0.15) is 0 Å². The van der Waals surface area contributed by atoms with Gasteiger partial charge in [-0.1, -0.05) is 48.5 Å². The Balaban J connectivity index is 2.08. The Kier molecular flexibility index (Phi) is 6.17. The summed E-state index contributed by atoms with van der Waals surface area (Å²) in [6, 6.07) is 4.50. The number of hydrogen-bond donors (Lipinski definition) is 1. The highest BCUT2D eigenvalue weighted by molar-refractivity contribution is 9.10. The Bertz CT molecular complexity index is 437. The van der Waals surface area contributed by atoms with Crippen molar-refractivity contribution in [1.82, 2.24) is 5.32 Å². The summed E-state index contributed by atoms with van der Waals surface area (Å²) >= 11 is 3.66. The molecular weight excluding hydrogens is 318 g/mol. The number of fused-ring (bicyclic) bond motifs is 1. The molecule has 0 saturated heterocycles. The molecule has 0 radical (unpaired) electrons. The zero-order valence-electron chi connectivity index (χ0n) is 12.4. The number of unbranched alkanes of at least 4 members (excludes halogenated alkanes) is 3. The largest absolute Gasteiger partial charge is 0.486 e. The quantitative estimate of drug-likeness (QED) is 0.743. The van der Waals surface area contributed by atoms with Gasteiger partial charge >= 0.3 is 0 Å². The van der Waals surface area contributed by atoms with Crippen molar-refractivity contribution in [3.8, 4) is 11.5 Å². The Morgan fingerprint density at radius 3 is 2.50 bits per heavy atom. The van der Waals surface area contributed by atoms with E-state index in [-0.39, 0.29) is 0 Å². The summed E-state index contributed by atoms with van der Waals surface area (Å²) in [6.45, 7) is 3.51. The topological polar surface area (TPSA) is 30.5 Å². The highest BCUT2D eigenvalue weighted by atomic mass is 79.9. The summed E-state index contributed by atoms with van der Waals surface area (Å²) in [6.07, 6.45) is 6.29. The standard InChI is InChI=1S/C16H24BrNO2/c1-3-4-5-6-7-14(18-2)12-10-15-16(11-13(12)17)20-9-8-19-15/h10-11,14,18H,3-9H2,1-2H3. The van der Waals surface area contributed by atoms with E-state index in [4.69, 9.17) is 9.47 Å². The van der Waals surface area contributed by atoms with Crippen molar-refractivity contribution in [2.45, 2.75) is 45.1 Å². The predicted molar refractivity (Wildman–Crippen MR) is 85.7 cm³/mol. The molecule has 1 N–H and O–H groups in total. The fourth-order valence-electron chi connectivity index (χ4n) is 2.58. The highest BCUT2D eigenvalue weighted by Gasteiger charge is 2.19. The molecule has 1 aromatic rings. The van der Waals surface area contributed by atoms with Crippen molar-refractivity contribution in [3.63, 3.8) is 0 Å². The van der Waals surface area contributed by atoms with Gasteiger partial charge in [0.05, 0.1) is 0 Å². The molecule has 1 unspecified atom stereocenters. The van der Waals surface area contributed by atoms with E-state index in [9.17, 15) is 0 Å². The second kappa shape index (κ2) is 7.89. The van der Waals surface area contributed by atoms with E-state index in [1.54, 1.807) is 0 Å². The average molecular weight is 342 g/mol. The van der Waals surface area contributed by atoms with Crippen LogP contribution in [0.25, 0.3) is 0 Å². The molecule has 1 aromatic carbocycles. The van der Waals surface area contributed by atoms with E-state index in [1.165, 1.54) is 31.2 Å². The third kappa shape index (κ3) is 3.89. The third-order valence-electron chi connectivity index (χ3n) is 3.73. The van der Waals surface area contributed by atoms with Crippen LogP contribution < -0.4 is 14.8 Å². The summed E-state index contributed by atoms with van der Waals surface area (Å²) in [5.41, 5.74) is 1.26. The number of hydrogen-bond acceptors (Lipinski definition) is 3. The normalized spacial score (nSPS) is 15.2. The summed E-state index contributed by atoms with van der Waals surface area (Å²) < 4.78 is 12.4. The fourth-order valence-corrected chi connectivity index (χ4v) is 3.18. The SMILES string of the molecule is CCCCCCC(NC)c1cc2c(cc1Br)OCCO2. The van der Waals surface area contributed by atoms with Gasteiger partial charge in [-0.25, -0.2) is 0 Å². The van der Waals surface area contributed by atoms with Crippen LogP contribution in [-0.2, 0) is 0 Å². The average Bonchev–Trinajstić information content (AvgIpc) is 2.47. The van der Waals surface area contributed by atoms with Crippen molar-refractivity contribution >= 4 is 15.9 Å². The van der Waals surface area contributed by atoms with Crippen molar-refractivity contribution in [2.75, 3.05) is 20.3 Å². The van der Waals surface area contributed by atoms with Crippen LogP contribution in [0.1, 0.15) is 50.6 Å². The number of halogens is 1. The molecule has 0 fully saturated rings. The summed E-state index contributed by atoms with van der Waals surface area (Å²) in [4.78, 5) is 0. The maximum Gasteiger partial charge on any atom is 0.162 e.